The van der Waals surface area contributed by atoms with E-state index in [1.165, 1.54) is 0 Å². The van der Waals surface area contributed by atoms with E-state index in [0.29, 0.717) is 19.4 Å². The van der Waals surface area contributed by atoms with Crippen molar-refractivity contribution in [3.8, 4) is 0 Å². The third-order valence-corrected chi connectivity index (χ3v) is 3.31. The highest BCUT2D eigenvalue weighted by Crippen LogP contribution is 2.26. The Bertz CT molecular complexity index is 260. The number of amidine groups is 1. The maximum atomic E-state index is 12.1. The van der Waals surface area contributed by atoms with Gasteiger partial charge in [-0.15, -0.1) is 0 Å². The van der Waals surface area contributed by atoms with Crippen LogP contribution in [-0.4, -0.2) is 23.5 Å². The zero-order valence-corrected chi connectivity index (χ0v) is 11.1. The number of unbranched alkanes of at least 4 members (excludes halogenated alkanes) is 2. The number of carbonyl (C=O) groups is 1. The number of amides is 1. The SMILES string of the molecule is CCCCCNC(=O)C(CC)(CC)C(N)=NO. The Morgan fingerprint density at radius 2 is 1.88 bits per heavy atom. The summed E-state index contributed by atoms with van der Waals surface area (Å²) >= 11 is 0. The molecule has 0 aliphatic carbocycles. The molecule has 0 saturated heterocycles. The molecule has 5 nitrogen and oxygen atoms in total. The Balaban J connectivity index is 4.55. The van der Waals surface area contributed by atoms with Crippen LogP contribution in [0.15, 0.2) is 5.16 Å². The minimum atomic E-state index is -0.874. The molecule has 100 valence electrons. The summed E-state index contributed by atoms with van der Waals surface area (Å²) in [5.74, 6) is -0.149. The summed E-state index contributed by atoms with van der Waals surface area (Å²) in [6, 6.07) is 0. The highest BCUT2D eigenvalue weighted by Gasteiger charge is 2.39. The van der Waals surface area contributed by atoms with Gasteiger partial charge in [-0.25, -0.2) is 0 Å². The molecule has 4 N–H and O–H groups in total. The summed E-state index contributed by atoms with van der Waals surface area (Å²) in [5.41, 5.74) is 4.77. The lowest BCUT2D eigenvalue weighted by Gasteiger charge is -2.28. The Kier molecular flexibility index (Phi) is 7.34. The van der Waals surface area contributed by atoms with Crippen LogP contribution in [0.4, 0.5) is 0 Å². The van der Waals surface area contributed by atoms with Gasteiger partial charge in [0.1, 0.15) is 5.41 Å². The van der Waals surface area contributed by atoms with E-state index in [1.807, 2.05) is 13.8 Å². The van der Waals surface area contributed by atoms with Crippen molar-refractivity contribution < 1.29 is 10.0 Å². The van der Waals surface area contributed by atoms with E-state index in [1.54, 1.807) is 0 Å². The second kappa shape index (κ2) is 7.92. The number of nitrogens with zero attached hydrogens (tertiary/aromatic N) is 1. The smallest absolute Gasteiger partial charge is 0.233 e. The average Bonchev–Trinajstić information content (AvgIpc) is 2.36. The minimum Gasteiger partial charge on any atom is -0.409 e. The van der Waals surface area contributed by atoms with Gasteiger partial charge in [-0.05, 0) is 19.3 Å². The lowest BCUT2D eigenvalue weighted by molar-refractivity contribution is -0.128. The molecular formula is C12H25N3O2. The van der Waals surface area contributed by atoms with Gasteiger partial charge >= 0.3 is 0 Å². The average molecular weight is 243 g/mol. The van der Waals surface area contributed by atoms with E-state index in [0.717, 1.165) is 19.3 Å². The van der Waals surface area contributed by atoms with Crippen LogP contribution in [0.5, 0.6) is 0 Å². The lowest BCUT2D eigenvalue weighted by Crippen LogP contribution is -2.49. The summed E-state index contributed by atoms with van der Waals surface area (Å²) in [4.78, 5) is 12.1. The number of carbonyl (C=O) groups excluding carboxylic acids is 1. The molecule has 17 heavy (non-hydrogen) atoms. The van der Waals surface area contributed by atoms with Gasteiger partial charge in [0.2, 0.25) is 5.91 Å². The highest BCUT2D eigenvalue weighted by atomic mass is 16.4. The molecule has 0 aromatic rings. The van der Waals surface area contributed by atoms with E-state index in [-0.39, 0.29) is 11.7 Å². The number of hydrogen-bond acceptors (Lipinski definition) is 3. The zero-order valence-electron chi connectivity index (χ0n) is 11.1. The van der Waals surface area contributed by atoms with Crippen molar-refractivity contribution in [2.75, 3.05) is 6.54 Å². The molecule has 5 heteroatoms. The molecule has 0 unspecified atom stereocenters. The second-order valence-corrected chi connectivity index (χ2v) is 4.24. The fourth-order valence-corrected chi connectivity index (χ4v) is 1.89. The van der Waals surface area contributed by atoms with Crippen LogP contribution in [-0.2, 0) is 4.79 Å². The first-order chi connectivity index (χ1) is 8.08. The number of oxime groups is 1. The van der Waals surface area contributed by atoms with Crippen LogP contribution in [0.25, 0.3) is 0 Å². The first-order valence-electron chi connectivity index (χ1n) is 6.35. The number of nitrogens with one attached hydrogen (secondary N) is 1. The minimum absolute atomic E-state index is 0.00417. The molecule has 0 saturated carbocycles. The molecule has 0 rings (SSSR count). The van der Waals surface area contributed by atoms with Gasteiger partial charge in [0.05, 0.1) is 0 Å². The molecule has 0 aromatic carbocycles. The summed E-state index contributed by atoms with van der Waals surface area (Å²) < 4.78 is 0. The number of rotatable bonds is 8. The summed E-state index contributed by atoms with van der Waals surface area (Å²) in [6.07, 6.45) is 4.22. The predicted molar refractivity (Wildman–Crippen MR) is 69.0 cm³/mol. The molecular weight excluding hydrogens is 218 g/mol. The highest BCUT2D eigenvalue weighted by molar-refractivity contribution is 6.06. The molecule has 0 radical (unpaired) electrons. The maximum absolute atomic E-state index is 12.1. The van der Waals surface area contributed by atoms with Gasteiger partial charge in [-0.2, -0.15) is 0 Å². The Labute approximate surface area is 103 Å². The molecule has 0 spiro atoms. The van der Waals surface area contributed by atoms with Crippen molar-refractivity contribution in [2.24, 2.45) is 16.3 Å². The Morgan fingerprint density at radius 1 is 1.29 bits per heavy atom. The van der Waals surface area contributed by atoms with Crippen molar-refractivity contribution in [2.45, 2.75) is 52.9 Å². The van der Waals surface area contributed by atoms with Crippen LogP contribution in [0, 0.1) is 5.41 Å². The molecule has 0 aliphatic rings. The van der Waals surface area contributed by atoms with E-state index >= 15 is 0 Å². The predicted octanol–water partition coefficient (Wildman–Crippen LogP) is 1.85. The maximum Gasteiger partial charge on any atom is 0.233 e. The summed E-state index contributed by atoms with van der Waals surface area (Å²) in [7, 11) is 0. The third-order valence-electron chi connectivity index (χ3n) is 3.31. The third kappa shape index (κ3) is 3.91. The quantitative estimate of drug-likeness (QED) is 0.200. The number of hydrogen-bond donors (Lipinski definition) is 3. The lowest BCUT2D eigenvalue weighted by atomic mass is 9.80. The Hall–Kier alpha value is -1.26. The second-order valence-electron chi connectivity index (χ2n) is 4.24. The molecule has 0 bridgehead atoms. The fourth-order valence-electron chi connectivity index (χ4n) is 1.89. The first-order valence-corrected chi connectivity index (χ1v) is 6.35. The van der Waals surface area contributed by atoms with Crippen LogP contribution >= 0.6 is 0 Å². The van der Waals surface area contributed by atoms with Gasteiger partial charge in [0.15, 0.2) is 5.84 Å². The monoisotopic (exact) mass is 243 g/mol. The van der Waals surface area contributed by atoms with Gasteiger partial charge in [0, 0.05) is 6.54 Å². The van der Waals surface area contributed by atoms with Crippen molar-refractivity contribution in [3.63, 3.8) is 0 Å². The molecule has 0 heterocycles. The van der Waals surface area contributed by atoms with Crippen molar-refractivity contribution in [3.05, 3.63) is 0 Å². The van der Waals surface area contributed by atoms with Gasteiger partial charge in [-0.1, -0.05) is 38.8 Å². The molecule has 0 fully saturated rings. The van der Waals surface area contributed by atoms with Gasteiger partial charge < -0.3 is 16.3 Å². The topological polar surface area (TPSA) is 87.7 Å². The van der Waals surface area contributed by atoms with E-state index in [2.05, 4.69) is 17.4 Å². The summed E-state index contributed by atoms with van der Waals surface area (Å²) in [5, 5.41) is 14.6. The number of nitrogens with two attached hydrogens (primary N) is 1. The molecule has 1 amide bonds. The summed E-state index contributed by atoms with van der Waals surface area (Å²) in [6.45, 7) is 6.49. The molecule has 0 aliphatic heterocycles. The normalized spacial score (nSPS) is 12.5. The zero-order chi connectivity index (χ0) is 13.3. The van der Waals surface area contributed by atoms with Gasteiger partial charge in [-0.3, -0.25) is 4.79 Å². The fraction of sp³-hybridized carbons (Fsp3) is 0.833. The van der Waals surface area contributed by atoms with Crippen molar-refractivity contribution in [1.29, 1.82) is 0 Å². The van der Waals surface area contributed by atoms with Gasteiger partial charge in [0.25, 0.3) is 0 Å². The van der Waals surface area contributed by atoms with E-state index in [9.17, 15) is 4.79 Å². The van der Waals surface area contributed by atoms with Crippen molar-refractivity contribution in [1.82, 2.24) is 5.32 Å². The molecule has 0 aromatic heterocycles. The van der Waals surface area contributed by atoms with Crippen LogP contribution < -0.4 is 11.1 Å². The molecule has 0 atom stereocenters. The van der Waals surface area contributed by atoms with Crippen molar-refractivity contribution >= 4 is 11.7 Å². The van der Waals surface area contributed by atoms with E-state index in [4.69, 9.17) is 10.9 Å². The van der Waals surface area contributed by atoms with Crippen LogP contribution in [0.2, 0.25) is 0 Å². The first kappa shape index (κ1) is 15.7. The standard InChI is InChI=1S/C12H25N3O2/c1-4-7-8-9-14-11(16)12(5-2,6-3)10(13)15-17/h17H,4-9H2,1-3H3,(H2,13,15)(H,14,16). The largest absolute Gasteiger partial charge is 0.409 e. The van der Waals surface area contributed by atoms with E-state index < -0.39 is 5.41 Å². The van der Waals surface area contributed by atoms with Crippen LogP contribution in [0.1, 0.15) is 52.9 Å². The Morgan fingerprint density at radius 3 is 2.29 bits per heavy atom. The van der Waals surface area contributed by atoms with Crippen LogP contribution in [0.3, 0.4) is 0 Å².